The topological polar surface area (TPSA) is 88.6 Å². The maximum atomic E-state index is 13.0. The van der Waals surface area contributed by atoms with Crippen LogP contribution in [0, 0.1) is 6.92 Å². The third-order valence-electron chi connectivity index (χ3n) is 5.97. The van der Waals surface area contributed by atoms with Crippen LogP contribution in [0.25, 0.3) is 11.3 Å². The molecule has 0 radical (unpaired) electrons. The lowest BCUT2D eigenvalue weighted by Crippen LogP contribution is -2.35. The zero-order chi connectivity index (χ0) is 22.5. The number of hydrogen-bond acceptors (Lipinski definition) is 6. The Morgan fingerprint density at radius 2 is 1.88 bits per heavy atom. The number of sulfonamides is 1. The van der Waals surface area contributed by atoms with E-state index in [0.29, 0.717) is 22.3 Å². The normalized spacial score (nSPS) is 15.7. The predicted octanol–water partition coefficient (Wildman–Crippen LogP) is 4.15. The average molecular weight is 470 g/mol. The summed E-state index contributed by atoms with van der Waals surface area (Å²) in [6, 6.07) is 10.9. The first kappa shape index (κ1) is 21.0. The van der Waals surface area contributed by atoms with Crippen LogP contribution in [0.15, 0.2) is 41.3 Å². The standard InChI is InChI=1S/C23H23N3O4S2/c1-14-22(17-8-10-20-19(12-17)26(2)21(27)13-30-20)24-23(31-14)25-32(28,29)18-9-7-15-5-3-4-6-16(15)11-18/h7-12H,3-6,13H2,1-2H3,(H,24,25). The SMILES string of the molecule is Cc1sc(NS(=O)(=O)c2ccc3c(c2)CCCC3)nc1-c1ccc2c(c1)N(C)C(=O)CO2. The second-order valence-electron chi connectivity index (χ2n) is 8.09. The molecule has 1 N–H and O–H groups in total. The number of nitrogens with zero attached hydrogens (tertiary/aromatic N) is 2. The summed E-state index contributed by atoms with van der Waals surface area (Å²) in [5, 5.41) is 0.314. The minimum absolute atomic E-state index is 0.0210. The molecule has 2 aromatic carbocycles. The van der Waals surface area contributed by atoms with Crippen LogP contribution < -0.4 is 14.4 Å². The number of nitrogens with one attached hydrogen (secondary N) is 1. The van der Waals surface area contributed by atoms with Gasteiger partial charge in [0.25, 0.3) is 15.9 Å². The van der Waals surface area contributed by atoms with E-state index in [2.05, 4.69) is 9.71 Å². The molecule has 2 aliphatic rings. The number of hydrogen-bond donors (Lipinski definition) is 1. The fraction of sp³-hybridized carbons (Fsp3) is 0.304. The lowest BCUT2D eigenvalue weighted by atomic mass is 9.92. The highest BCUT2D eigenvalue weighted by molar-refractivity contribution is 7.93. The summed E-state index contributed by atoms with van der Waals surface area (Å²) in [5.74, 6) is 0.514. The van der Waals surface area contributed by atoms with Gasteiger partial charge in [-0.2, -0.15) is 0 Å². The molecule has 2 heterocycles. The Morgan fingerprint density at radius 1 is 1.09 bits per heavy atom. The minimum atomic E-state index is -3.74. The van der Waals surface area contributed by atoms with E-state index < -0.39 is 10.0 Å². The zero-order valence-electron chi connectivity index (χ0n) is 17.8. The first-order valence-corrected chi connectivity index (χ1v) is 12.8. The highest BCUT2D eigenvalue weighted by Crippen LogP contribution is 2.38. The number of amides is 1. The number of benzene rings is 2. The molecule has 9 heteroatoms. The summed E-state index contributed by atoms with van der Waals surface area (Å²) in [5.41, 5.74) is 4.49. The summed E-state index contributed by atoms with van der Waals surface area (Å²) in [6.45, 7) is 1.92. The number of rotatable bonds is 4. The van der Waals surface area contributed by atoms with Crippen LogP contribution in [0.5, 0.6) is 5.75 Å². The minimum Gasteiger partial charge on any atom is -0.482 e. The van der Waals surface area contributed by atoms with Gasteiger partial charge < -0.3 is 9.64 Å². The fourth-order valence-electron chi connectivity index (χ4n) is 4.18. The molecule has 0 spiro atoms. The van der Waals surface area contributed by atoms with Crippen LogP contribution in [-0.4, -0.2) is 33.0 Å². The maximum absolute atomic E-state index is 13.0. The van der Waals surface area contributed by atoms with E-state index in [0.717, 1.165) is 41.7 Å². The average Bonchev–Trinajstić information content (AvgIpc) is 3.15. The summed E-state index contributed by atoms with van der Waals surface area (Å²) < 4.78 is 34.1. The molecule has 32 heavy (non-hydrogen) atoms. The molecule has 1 aliphatic heterocycles. The van der Waals surface area contributed by atoms with Crippen molar-refractivity contribution in [1.82, 2.24) is 4.98 Å². The molecule has 0 fully saturated rings. The van der Waals surface area contributed by atoms with Crippen molar-refractivity contribution in [3.05, 3.63) is 52.4 Å². The number of likely N-dealkylation sites (N-methyl/N-ethyl adjacent to an activating group) is 1. The second-order valence-corrected chi connectivity index (χ2v) is 11.0. The van der Waals surface area contributed by atoms with E-state index >= 15 is 0 Å². The van der Waals surface area contributed by atoms with Crippen molar-refractivity contribution in [3.63, 3.8) is 0 Å². The van der Waals surface area contributed by atoms with Gasteiger partial charge in [-0.25, -0.2) is 13.4 Å². The van der Waals surface area contributed by atoms with E-state index in [4.69, 9.17) is 4.74 Å². The first-order chi connectivity index (χ1) is 15.3. The van der Waals surface area contributed by atoms with Crippen LogP contribution in [0.2, 0.25) is 0 Å². The maximum Gasteiger partial charge on any atom is 0.264 e. The number of carbonyl (C=O) groups is 1. The third-order valence-corrected chi connectivity index (χ3v) is 8.32. The highest BCUT2D eigenvalue weighted by atomic mass is 32.2. The second kappa shape index (κ2) is 7.90. The van der Waals surface area contributed by atoms with Gasteiger partial charge in [-0.15, -0.1) is 11.3 Å². The van der Waals surface area contributed by atoms with Gasteiger partial charge in [-0.3, -0.25) is 9.52 Å². The van der Waals surface area contributed by atoms with Gasteiger partial charge in [0.2, 0.25) is 0 Å². The Labute approximate surface area is 191 Å². The van der Waals surface area contributed by atoms with E-state index in [1.807, 2.05) is 31.2 Å². The number of thiazole rings is 1. The van der Waals surface area contributed by atoms with Crippen LogP contribution >= 0.6 is 11.3 Å². The van der Waals surface area contributed by atoms with Gasteiger partial charge in [0.05, 0.1) is 16.3 Å². The molecule has 166 valence electrons. The molecule has 0 saturated carbocycles. The van der Waals surface area contributed by atoms with Crippen LogP contribution in [0.3, 0.4) is 0 Å². The number of ether oxygens (including phenoxy) is 1. The molecule has 5 rings (SSSR count). The Balaban J connectivity index is 1.43. The highest BCUT2D eigenvalue weighted by Gasteiger charge is 2.24. The monoisotopic (exact) mass is 469 g/mol. The molecule has 3 aromatic rings. The summed E-state index contributed by atoms with van der Waals surface area (Å²) in [6.07, 6.45) is 4.16. The summed E-state index contributed by atoms with van der Waals surface area (Å²) in [4.78, 5) is 19.2. The molecular weight excluding hydrogens is 446 g/mol. The summed E-state index contributed by atoms with van der Waals surface area (Å²) >= 11 is 1.29. The van der Waals surface area contributed by atoms with Crippen molar-refractivity contribution >= 4 is 38.1 Å². The predicted molar refractivity (Wildman–Crippen MR) is 125 cm³/mol. The van der Waals surface area contributed by atoms with Crippen molar-refractivity contribution in [2.24, 2.45) is 0 Å². The number of anilines is 2. The fourth-order valence-corrected chi connectivity index (χ4v) is 6.30. The van der Waals surface area contributed by atoms with Gasteiger partial charge >= 0.3 is 0 Å². The van der Waals surface area contributed by atoms with Crippen molar-refractivity contribution in [1.29, 1.82) is 0 Å². The molecule has 0 unspecified atom stereocenters. The Bertz CT molecular complexity index is 1330. The number of aryl methyl sites for hydroxylation is 3. The molecule has 0 saturated heterocycles. The number of fused-ring (bicyclic) bond motifs is 2. The van der Waals surface area contributed by atoms with E-state index in [1.54, 1.807) is 24.1 Å². The van der Waals surface area contributed by atoms with Crippen molar-refractivity contribution < 1.29 is 17.9 Å². The summed E-state index contributed by atoms with van der Waals surface area (Å²) in [7, 11) is -2.03. The molecule has 1 aliphatic carbocycles. The Kier molecular flexibility index (Phi) is 5.17. The smallest absolute Gasteiger partial charge is 0.264 e. The van der Waals surface area contributed by atoms with E-state index in [9.17, 15) is 13.2 Å². The molecule has 1 amide bonds. The van der Waals surface area contributed by atoms with Crippen LogP contribution in [-0.2, 0) is 27.7 Å². The van der Waals surface area contributed by atoms with Crippen LogP contribution in [0.1, 0.15) is 28.8 Å². The number of carbonyl (C=O) groups excluding carboxylic acids is 1. The lowest BCUT2D eigenvalue weighted by molar-refractivity contribution is -0.120. The van der Waals surface area contributed by atoms with Crippen molar-refractivity contribution in [2.45, 2.75) is 37.5 Å². The molecular formula is C23H23N3O4S2. The Hall–Kier alpha value is -2.91. The quantitative estimate of drug-likeness (QED) is 0.620. The lowest BCUT2D eigenvalue weighted by Gasteiger charge is -2.26. The van der Waals surface area contributed by atoms with Crippen molar-refractivity contribution in [3.8, 4) is 17.0 Å². The molecule has 1 aromatic heterocycles. The first-order valence-electron chi connectivity index (χ1n) is 10.5. The molecule has 0 atom stereocenters. The zero-order valence-corrected chi connectivity index (χ0v) is 19.5. The van der Waals surface area contributed by atoms with Gasteiger partial charge in [0.1, 0.15) is 5.75 Å². The van der Waals surface area contributed by atoms with Gasteiger partial charge in [0, 0.05) is 17.5 Å². The molecule has 0 bridgehead atoms. The van der Waals surface area contributed by atoms with Crippen LogP contribution in [0.4, 0.5) is 10.8 Å². The largest absolute Gasteiger partial charge is 0.482 e. The Morgan fingerprint density at radius 3 is 2.69 bits per heavy atom. The van der Waals surface area contributed by atoms with Gasteiger partial charge in [-0.05, 0) is 74.1 Å². The van der Waals surface area contributed by atoms with E-state index in [1.165, 1.54) is 16.9 Å². The van der Waals surface area contributed by atoms with Gasteiger partial charge in [0.15, 0.2) is 11.7 Å². The van der Waals surface area contributed by atoms with Crippen molar-refractivity contribution in [2.75, 3.05) is 23.3 Å². The van der Waals surface area contributed by atoms with Gasteiger partial charge in [-0.1, -0.05) is 6.07 Å². The molecule has 7 nitrogen and oxygen atoms in total. The van der Waals surface area contributed by atoms with E-state index in [-0.39, 0.29) is 17.4 Å². The third kappa shape index (κ3) is 3.75. The number of aromatic nitrogens is 1.